The summed E-state index contributed by atoms with van der Waals surface area (Å²) in [4.78, 5) is 10.6. The van der Waals surface area contributed by atoms with Gasteiger partial charge in [0.2, 0.25) is 5.78 Å². The number of carbonyl (C=O) groups is 1. The Labute approximate surface area is 78.8 Å². The molecule has 1 rings (SSSR count). The second-order valence-corrected chi connectivity index (χ2v) is 3.12. The Kier molecular flexibility index (Phi) is 2.87. The number of carbonyl (C=O) groups excluding carboxylic acids is 1. The van der Waals surface area contributed by atoms with Gasteiger partial charge in [-0.1, -0.05) is 23.6 Å². The lowest BCUT2D eigenvalue weighted by Gasteiger charge is -1.98. The van der Waals surface area contributed by atoms with E-state index in [0.29, 0.717) is 0 Å². The molecule has 1 heteroatoms. The van der Waals surface area contributed by atoms with Crippen molar-refractivity contribution in [2.24, 2.45) is 0 Å². The minimum absolute atomic E-state index is 0.0972. The van der Waals surface area contributed by atoms with Gasteiger partial charge >= 0.3 is 0 Å². The first-order valence-electron chi connectivity index (χ1n) is 4.19. The summed E-state index contributed by atoms with van der Waals surface area (Å²) in [6.45, 7) is 5.50. The van der Waals surface area contributed by atoms with Crippen molar-refractivity contribution in [3.63, 3.8) is 0 Å². The van der Waals surface area contributed by atoms with Gasteiger partial charge in [-0.05, 0) is 31.4 Å². The van der Waals surface area contributed by atoms with Gasteiger partial charge in [0.1, 0.15) is 0 Å². The highest BCUT2D eigenvalue weighted by Crippen LogP contribution is 2.08. The maximum Gasteiger partial charge on any atom is 0.202 e. The molecule has 0 aliphatic rings. The lowest BCUT2D eigenvalue weighted by atomic mass is 10.1. The van der Waals surface area contributed by atoms with Crippen LogP contribution in [0.4, 0.5) is 0 Å². The van der Waals surface area contributed by atoms with Crippen molar-refractivity contribution in [2.45, 2.75) is 20.8 Å². The van der Waals surface area contributed by atoms with Gasteiger partial charge in [-0.2, -0.15) is 0 Å². The fraction of sp³-hybridized carbons (Fsp3) is 0.250. The molecule has 0 unspecified atom stereocenters. The first kappa shape index (κ1) is 9.54. The summed E-state index contributed by atoms with van der Waals surface area (Å²) in [5, 5.41) is 0. The van der Waals surface area contributed by atoms with Crippen LogP contribution in [-0.2, 0) is 4.79 Å². The van der Waals surface area contributed by atoms with E-state index in [1.807, 2.05) is 26.0 Å². The largest absolute Gasteiger partial charge is 0.285 e. The topological polar surface area (TPSA) is 17.1 Å². The number of Topliss-reactive ketones (excluding diaryl/α,β-unsaturated/α-hetero) is 1. The van der Waals surface area contributed by atoms with Crippen LogP contribution in [0.1, 0.15) is 23.6 Å². The van der Waals surface area contributed by atoms with Crippen molar-refractivity contribution < 1.29 is 4.79 Å². The predicted molar refractivity (Wildman–Crippen MR) is 53.5 cm³/mol. The summed E-state index contributed by atoms with van der Waals surface area (Å²) in [5.74, 6) is 5.28. The Morgan fingerprint density at radius 1 is 1.31 bits per heavy atom. The third-order valence-corrected chi connectivity index (χ3v) is 1.76. The molecule has 13 heavy (non-hydrogen) atoms. The Morgan fingerprint density at radius 2 is 2.00 bits per heavy atom. The first-order valence-corrected chi connectivity index (χ1v) is 4.19. The van der Waals surface area contributed by atoms with E-state index in [9.17, 15) is 4.79 Å². The fourth-order valence-corrected chi connectivity index (χ4v) is 1.11. The van der Waals surface area contributed by atoms with Crippen molar-refractivity contribution in [1.82, 2.24) is 0 Å². The third kappa shape index (κ3) is 2.76. The van der Waals surface area contributed by atoms with E-state index in [1.54, 1.807) is 0 Å². The number of benzene rings is 1. The van der Waals surface area contributed by atoms with Crippen LogP contribution in [-0.4, -0.2) is 5.78 Å². The molecule has 0 saturated carbocycles. The molecule has 0 heterocycles. The van der Waals surface area contributed by atoms with Crippen molar-refractivity contribution in [3.05, 3.63) is 34.9 Å². The maximum absolute atomic E-state index is 10.6. The molecule has 0 N–H and O–H groups in total. The lowest BCUT2D eigenvalue weighted by molar-refractivity contribution is -0.111. The van der Waals surface area contributed by atoms with Crippen molar-refractivity contribution in [1.29, 1.82) is 0 Å². The molecule has 1 aromatic carbocycles. The van der Waals surface area contributed by atoms with Crippen LogP contribution in [0.5, 0.6) is 0 Å². The number of ketones is 1. The minimum atomic E-state index is -0.0972. The number of rotatable bonds is 0. The molecule has 0 aliphatic carbocycles. The van der Waals surface area contributed by atoms with E-state index in [2.05, 4.69) is 17.9 Å². The smallest absolute Gasteiger partial charge is 0.202 e. The average Bonchev–Trinajstić information content (AvgIpc) is 2.02. The van der Waals surface area contributed by atoms with Gasteiger partial charge < -0.3 is 0 Å². The predicted octanol–water partition coefficient (Wildman–Crippen LogP) is 2.24. The summed E-state index contributed by atoms with van der Waals surface area (Å²) < 4.78 is 0. The molecular formula is C12H12O. The molecule has 0 fully saturated rings. The molecule has 0 aromatic heterocycles. The zero-order chi connectivity index (χ0) is 9.84. The zero-order valence-corrected chi connectivity index (χ0v) is 8.14. The van der Waals surface area contributed by atoms with Crippen LogP contribution >= 0.6 is 0 Å². The lowest BCUT2D eigenvalue weighted by Crippen LogP contribution is -1.86. The molecule has 0 atom stereocenters. The van der Waals surface area contributed by atoms with Gasteiger partial charge in [-0.3, -0.25) is 4.79 Å². The van der Waals surface area contributed by atoms with Crippen LogP contribution < -0.4 is 0 Å². The highest BCUT2D eigenvalue weighted by molar-refractivity contribution is 5.93. The Morgan fingerprint density at radius 3 is 2.54 bits per heavy atom. The second kappa shape index (κ2) is 3.91. The molecule has 0 bridgehead atoms. The maximum atomic E-state index is 10.6. The Bertz CT molecular complexity index is 391. The molecule has 0 aliphatic heterocycles. The Balaban J connectivity index is 3.05. The zero-order valence-electron chi connectivity index (χ0n) is 8.14. The summed E-state index contributed by atoms with van der Waals surface area (Å²) in [6.07, 6.45) is 0. The number of aryl methyl sites for hydroxylation is 2. The molecule has 0 saturated heterocycles. The van der Waals surface area contributed by atoms with E-state index in [4.69, 9.17) is 0 Å². The first-order chi connectivity index (χ1) is 6.09. The second-order valence-electron chi connectivity index (χ2n) is 3.12. The van der Waals surface area contributed by atoms with Gasteiger partial charge in [0.05, 0.1) is 0 Å². The monoisotopic (exact) mass is 172 g/mol. The third-order valence-electron chi connectivity index (χ3n) is 1.76. The quantitative estimate of drug-likeness (QED) is 0.548. The summed E-state index contributed by atoms with van der Waals surface area (Å²) in [7, 11) is 0. The van der Waals surface area contributed by atoms with Crippen LogP contribution in [0.15, 0.2) is 18.2 Å². The van der Waals surface area contributed by atoms with Gasteiger partial charge in [0, 0.05) is 12.5 Å². The van der Waals surface area contributed by atoms with Crippen molar-refractivity contribution in [2.75, 3.05) is 0 Å². The summed E-state index contributed by atoms with van der Waals surface area (Å²) in [5.41, 5.74) is 3.26. The SMILES string of the molecule is CC(=O)C#Cc1ccc(C)cc1C. The number of hydrogen-bond acceptors (Lipinski definition) is 1. The normalized spacial score (nSPS) is 8.85. The van der Waals surface area contributed by atoms with Crippen LogP contribution in [0, 0.1) is 25.7 Å². The molecule has 0 spiro atoms. The van der Waals surface area contributed by atoms with E-state index < -0.39 is 0 Å². The highest BCUT2D eigenvalue weighted by Gasteiger charge is 1.93. The molecular weight excluding hydrogens is 160 g/mol. The summed E-state index contributed by atoms with van der Waals surface area (Å²) in [6, 6.07) is 6.00. The Hall–Kier alpha value is -1.55. The minimum Gasteiger partial charge on any atom is -0.285 e. The number of hydrogen-bond donors (Lipinski definition) is 0. The van der Waals surface area contributed by atoms with Gasteiger partial charge in [-0.15, -0.1) is 0 Å². The molecule has 0 radical (unpaired) electrons. The fourth-order valence-electron chi connectivity index (χ4n) is 1.11. The van der Waals surface area contributed by atoms with Crippen molar-refractivity contribution >= 4 is 5.78 Å². The van der Waals surface area contributed by atoms with Gasteiger partial charge in [0.25, 0.3) is 0 Å². The van der Waals surface area contributed by atoms with Crippen molar-refractivity contribution in [3.8, 4) is 11.8 Å². The average molecular weight is 172 g/mol. The van der Waals surface area contributed by atoms with E-state index >= 15 is 0 Å². The van der Waals surface area contributed by atoms with Gasteiger partial charge in [0.15, 0.2) is 0 Å². The summed E-state index contributed by atoms with van der Waals surface area (Å²) >= 11 is 0. The van der Waals surface area contributed by atoms with Crippen LogP contribution in [0.3, 0.4) is 0 Å². The van der Waals surface area contributed by atoms with E-state index in [0.717, 1.165) is 11.1 Å². The van der Waals surface area contributed by atoms with Crippen LogP contribution in [0.25, 0.3) is 0 Å². The standard InChI is InChI=1S/C12H12O/c1-9-4-6-12(10(2)8-9)7-5-11(3)13/h4,6,8H,1-3H3. The highest BCUT2D eigenvalue weighted by atomic mass is 16.1. The van der Waals surface area contributed by atoms with Crippen LogP contribution in [0.2, 0.25) is 0 Å². The molecule has 1 nitrogen and oxygen atoms in total. The van der Waals surface area contributed by atoms with E-state index in [-0.39, 0.29) is 5.78 Å². The van der Waals surface area contributed by atoms with Gasteiger partial charge in [-0.25, -0.2) is 0 Å². The molecule has 66 valence electrons. The van der Waals surface area contributed by atoms with E-state index in [1.165, 1.54) is 12.5 Å². The molecule has 0 amide bonds. The molecule has 1 aromatic rings.